The monoisotopic (exact) mass is 338 g/mol. The van der Waals surface area contributed by atoms with Crippen LogP contribution in [0.1, 0.15) is 32.1 Å². The molecule has 20 heavy (non-hydrogen) atoms. The lowest BCUT2D eigenvalue weighted by atomic mass is 10.0. The quantitative estimate of drug-likeness (QED) is 0.866. The van der Waals surface area contributed by atoms with Gasteiger partial charge in [0.05, 0.1) is 12.2 Å². The lowest BCUT2D eigenvalue weighted by molar-refractivity contribution is -0.124. The highest BCUT2D eigenvalue weighted by atomic mass is 79.9. The maximum absolute atomic E-state index is 11.8. The number of carbonyl (C=O) groups is 2. The molecule has 2 N–H and O–H groups in total. The third-order valence-corrected chi connectivity index (χ3v) is 4.23. The van der Waals surface area contributed by atoms with E-state index < -0.39 is 0 Å². The minimum absolute atomic E-state index is 0.0207. The molecule has 1 saturated carbocycles. The van der Waals surface area contributed by atoms with Crippen LogP contribution in [0.15, 0.2) is 28.7 Å². The van der Waals surface area contributed by atoms with E-state index >= 15 is 0 Å². The Balaban J connectivity index is 1.72. The summed E-state index contributed by atoms with van der Waals surface area (Å²) in [7, 11) is 0. The van der Waals surface area contributed by atoms with E-state index in [9.17, 15) is 9.59 Å². The number of rotatable bonds is 5. The van der Waals surface area contributed by atoms with Crippen LogP contribution in [-0.2, 0) is 9.59 Å². The van der Waals surface area contributed by atoms with Crippen molar-refractivity contribution in [1.29, 1.82) is 0 Å². The second kappa shape index (κ2) is 7.43. The Kier molecular flexibility index (Phi) is 5.59. The van der Waals surface area contributed by atoms with Crippen LogP contribution in [0.3, 0.4) is 0 Å². The average Bonchev–Trinajstić information content (AvgIpc) is 2.92. The van der Waals surface area contributed by atoms with Gasteiger partial charge in [-0.3, -0.25) is 9.59 Å². The highest BCUT2D eigenvalue weighted by molar-refractivity contribution is 9.10. The van der Waals surface area contributed by atoms with Gasteiger partial charge in [-0.15, -0.1) is 0 Å². The lowest BCUT2D eigenvalue weighted by Gasteiger charge is -2.10. The molecule has 0 aliphatic heterocycles. The maximum Gasteiger partial charge on any atom is 0.243 e. The van der Waals surface area contributed by atoms with Crippen molar-refractivity contribution in [3.63, 3.8) is 0 Å². The van der Waals surface area contributed by atoms with Crippen molar-refractivity contribution in [3.05, 3.63) is 28.7 Å². The predicted molar refractivity (Wildman–Crippen MR) is 82.4 cm³/mol. The van der Waals surface area contributed by atoms with Gasteiger partial charge in [0.15, 0.2) is 0 Å². The number of para-hydroxylation sites is 1. The van der Waals surface area contributed by atoms with Crippen LogP contribution in [0.4, 0.5) is 5.69 Å². The molecule has 1 aliphatic rings. The molecule has 1 aliphatic carbocycles. The normalized spacial score (nSPS) is 15.1. The van der Waals surface area contributed by atoms with Crippen LogP contribution in [0.2, 0.25) is 0 Å². The first-order valence-corrected chi connectivity index (χ1v) is 7.75. The second-order valence-electron chi connectivity index (χ2n) is 5.16. The summed E-state index contributed by atoms with van der Waals surface area (Å²) in [5.41, 5.74) is 0.711. The van der Waals surface area contributed by atoms with Gasteiger partial charge in [0.2, 0.25) is 11.8 Å². The van der Waals surface area contributed by atoms with Crippen molar-refractivity contribution in [2.75, 3.05) is 11.9 Å². The minimum Gasteiger partial charge on any atom is -0.347 e. The summed E-state index contributed by atoms with van der Waals surface area (Å²) in [6.07, 6.45) is 5.26. The van der Waals surface area contributed by atoms with Gasteiger partial charge in [-0.25, -0.2) is 0 Å². The topological polar surface area (TPSA) is 58.2 Å². The lowest BCUT2D eigenvalue weighted by Crippen LogP contribution is -2.33. The van der Waals surface area contributed by atoms with Crippen LogP contribution in [0.25, 0.3) is 0 Å². The molecule has 0 heterocycles. The highest BCUT2D eigenvalue weighted by Crippen LogP contribution is 2.27. The molecule has 0 radical (unpaired) electrons. The largest absolute Gasteiger partial charge is 0.347 e. The van der Waals surface area contributed by atoms with Crippen molar-refractivity contribution < 1.29 is 9.59 Å². The van der Waals surface area contributed by atoms with Crippen LogP contribution < -0.4 is 10.6 Å². The van der Waals surface area contributed by atoms with Gasteiger partial charge in [-0.1, -0.05) is 25.0 Å². The van der Waals surface area contributed by atoms with Crippen LogP contribution >= 0.6 is 15.9 Å². The molecule has 0 saturated heterocycles. The Morgan fingerprint density at radius 1 is 1.15 bits per heavy atom. The first-order chi connectivity index (χ1) is 9.65. The molecule has 108 valence electrons. The molecule has 4 nitrogen and oxygen atoms in total. The van der Waals surface area contributed by atoms with Gasteiger partial charge >= 0.3 is 0 Å². The molecule has 1 aromatic carbocycles. The van der Waals surface area contributed by atoms with Crippen molar-refractivity contribution in [2.24, 2.45) is 5.92 Å². The number of benzene rings is 1. The van der Waals surface area contributed by atoms with E-state index in [1.54, 1.807) is 0 Å². The molecule has 2 amide bonds. The van der Waals surface area contributed by atoms with E-state index in [1.165, 1.54) is 12.8 Å². The average molecular weight is 339 g/mol. The molecular weight excluding hydrogens is 320 g/mol. The Morgan fingerprint density at radius 2 is 1.85 bits per heavy atom. The number of hydrogen-bond acceptors (Lipinski definition) is 2. The number of anilines is 1. The third-order valence-electron chi connectivity index (χ3n) is 3.54. The summed E-state index contributed by atoms with van der Waals surface area (Å²) in [5, 5.41) is 5.44. The number of amides is 2. The SMILES string of the molecule is O=C(CC1CCCC1)NCC(=O)Nc1ccccc1Br. The smallest absolute Gasteiger partial charge is 0.243 e. The van der Waals surface area contributed by atoms with Gasteiger partial charge < -0.3 is 10.6 Å². The standard InChI is InChI=1S/C15H19BrN2O2/c16-12-7-3-4-8-13(12)18-15(20)10-17-14(19)9-11-5-1-2-6-11/h3-4,7-8,11H,1-2,5-6,9-10H2,(H,17,19)(H,18,20). The fraction of sp³-hybridized carbons (Fsp3) is 0.467. The van der Waals surface area contributed by atoms with E-state index in [-0.39, 0.29) is 18.4 Å². The first kappa shape index (κ1) is 15.0. The first-order valence-electron chi connectivity index (χ1n) is 6.96. The van der Waals surface area contributed by atoms with E-state index in [0.717, 1.165) is 17.3 Å². The zero-order chi connectivity index (χ0) is 14.4. The molecule has 0 bridgehead atoms. The molecule has 0 atom stereocenters. The number of nitrogens with one attached hydrogen (secondary N) is 2. The highest BCUT2D eigenvalue weighted by Gasteiger charge is 2.18. The van der Waals surface area contributed by atoms with Gasteiger partial charge in [0, 0.05) is 10.9 Å². The van der Waals surface area contributed by atoms with Gasteiger partial charge in [0.1, 0.15) is 0 Å². The number of carbonyl (C=O) groups excluding carboxylic acids is 2. The van der Waals surface area contributed by atoms with E-state index in [1.807, 2.05) is 24.3 Å². The van der Waals surface area contributed by atoms with Crippen LogP contribution in [0, 0.1) is 5.92 Å². The van der Waals surface area contributed by atoms with E-state index in [4.69, 9.17) is 0 Å². The van der Waals surface area contributed by atoms with Crippen LogP contribution in [-0.4, -0.2) is 18.4 Å². The summed E-state index contributed by atoms with van der Waals surface area (Å²) < 4.78 is 0.825. The summed E-state index contributed by atoms with van der Waals surface area (Å²) in [4.78, 5) is 23.5. The Morgan fingerprint density at radius 3 is 2.55 bits per heavy atom. The second-order valence-corrected chi connectivity index (χ2v) is 6.01. The van der Waals surface area contributed by atoms with Crippen molar-refractivity contribution in [2.45, 2.75) is 32.1 Å². The van der Waals surface area contributed by atoms with Crippen molar-refractivity contribution in [3.8, 4) is 0 Å². The zero-order valence-electron chi connectivity index (χ0n) is 11.3. The molecule has 5 heteroatoms. The number of halogens is 1. The van der Waals surface area contributed by atoms with Crippen molar-refractivity contribution in [1.82, 2.24) is 5.32 Å². The molecule has 0 aromatic heterocycles. The zero-order valence-corrected chi connectivity index (χ0v) is 12.9. The fourth-order valence-electron chi connectivity index (χ4n) is 2.48. The van der Waals surface area contributed by atoms with Crippen LogP contribution in [0.5, 0.6) is 0 Å². The van der Waals surface area contributed by atoms with Gasteiger partial charge in [-0.05, 0) is 46.8 Å². The molecule has 1 aromatic rings. The third kappa shape index (κ3) is 4.63. The van der Waals surface area contributed by atoms with E-state index in [2.05, 4.69) is 26.6 Å². The summed E-state index contributed by atoms with van der Waals surface area (Å²) in [6, 6.07) is 7.39. The van der Waals surface area contributed by atoms with E-state index in [0.29, 0.717) is 18.0 Å². The van der Waals surface area contributed by atoms with Crippen molar-refractivity contribution >= 4 is 33.4 Å². The molecule has 0 unspecified atom stereocenters. The van der Waals surface area contributed by atoms with Gasteiger partial charge in [-0.2, -0.15) is 0 Å². The van der Waals surface area contributed by atoms with Gasteiger partial charge in [0.25, 0.3) is 0 Å². The maximum atomic E-state index is 11.8. The summed E-state index contributed by atoms with van der Waals surface area (Å²) in [6.45, 7) is 0.0207. The Hall–Kier alpha value is -1.36. The number of hydrogen-bond donors (Lipinski definition) is 2. The molecule has 2 rings (SSSR count). The Bertz CT molecular complexity index is 485. The molecular formula is C15H19BrN2O2. The summed E-state index contributed by atoms with van der Waals surface area (Å²) in [5.74, 6) is 0.261. The Labute approximate surface area is 127 Å². The predicted octanol–water partition coefficient (Wildman–Crippen LogP) is 3.08. The molecule has 0 spiro atoms. The molecule has 1 fully saturated rings. The summed E-state index contributed by atoms with van der Waals surface area (Å²) >= 11 is 3.36. The minimum atomic E-state index is -0.211. The fourth-order valence-corrected chi connectivity index (χ4v) is 2.87.